The molecule has 0 radical (unpaired) electrons. The first-order chi connectivity index (χ1) is 12.8. The van der Waals surface area contributed by atoms with Gasteiger partial charge in [0.2, 0.25) is 23.6 Å². The molecule has 9 nitrogen and oxygen atoms in total. The molecule has 0 atom stereocenters. The van der Waals surface area contributed by atoms with Crippen LogP contribution in [0.4, 0.5) is 0 Å². The predicted molar refractivity (Wildman–Crippen MR) is 86.4 cm³/mol. The standard InChI is InChI=1S/C18H20N2O7/c21-11-1-5-17(6-2-12(22)19(11)17)9-15(25)27-16(26)10-18-7-3-13(23)20(18)14(24)4-8-18/h1-10H2. The van der Waals surface area contributed by atoms with E-state index < -0.39 is 23.0 Å². The van der Waals surface area contributed by atoms with E-state index in [1.807, 2.05) is 0 Å². The van der Waals surface area contributed by atoms with Crippen molar-refractivity contribution in [2.75, 3.05) is 0 Å². The van der Waals surface area contributed by atoms with Crippen molar-refractivity contribution in [3.63, 3.8) is 0 Å². The molecule has 4 heterocycles. The molecule has 0 saturated carbocycles. The Labute approximate surface area is 155 Å². The fourth-order valence-corrected chi connectivity index (χ4v) is 5.09. The van der Waals surface area contributed by atoms with Crippen molar-refractivity contribution in [2.45, 2.75) is 75.3 Å². The summed E-state index contributed by atoms with van der Waals surface area (Å²) in [7, 11) is 0. The maximum atomic E-state index is 12.3. The maximum Gasteiger partial charge on any atom is 0.315 e. The molecule has 0 unspecified atom stereocenters. The van der Waals surface area contributed by atoms with Gasteiger partial charge in [0.15, 0.2) is 0 Å². The number of nitrogens with zero attached hydrogens (tertiary/aromatic N) is 2. The molecule has 0 aromatic carbocycles. The Kier molecular flexibility index (Phi) is 3.94. The van der Waals surface area contributed by atoms with Crippen LogP contribution in [0.2, 0.25) is 0 Å². The van der Waals surface area contributed by atoms with E-state index in [-0.39, 0.29) is 62.2 Å². The smallest absolute Gasteiger partial charge is 0.315 e. The summed E-state index contributed by atoms with van der Waals surface area (Å²) in [6, 6.07) is 0. The lowest BCUT2D eigenvalue weighted by molar-refractivity contribution is -0.162. The molecule has 4 saturated heterocycles. The first-order valence-electron chi connectivity index (χ1n) is 9.22. The first-order valence-corrected chi connectivity index (χ1v) is 9.22. The third kappa shape index (κ3) is 2.67. The minimum atomic E-state index is -0.873. The zero-order chi connectivity index (χ0) is 19.4. The van der Waals surface area contributed by atoms with Crippen LogP contribution in [0.25, 0.3) is 0 Å². The van der Waals surface area contributed by atoms with Crippen LogP contribution in [0, 0.1) is 0 Å². The van der Waals surface area contributed by atoms with Crippen molar-refractivity contribution in [3.8, 4) is 0 Å². The van der Waals surface area contributed by atoms with Crippen molar-refractivity contribution in [3.05, 3.63) is 0 Å². The summed E-state index contributed by atoms with van der Waals surface area (Å²) in [5.74, 6) is -2.74. The van der Waals surface area contributed by atoms with E-state index in [1.165, 1.54) is 0 Å². The quantitative estimate of drug-likeness (QED) is 0.391. The number of carbonyl (C=O) groups excluding carboxylic acids is 6. The Morgan fingerprint density at radius 3 is 1.26 bits per heavy atom. The van der Waals surface area contributed by atoms with Crippen molar-refractivity contribution in [1.82, 2.24) is 9.80 Å². The monoisotopic (exact) mass is 376 g/mol. The van der Waals surface area contributed by atoms with Gasteiger partial charge in [-0.1, -0.05) is 0 Å². The summed E-state index contributed by atoms with van der Waals surface area (Å²) >= 11 is 0. The molecule has 144 valence electrons. The van der Waals surface area contributed by atoms with Gasteiger partial charge in [0.1, 0.15) is 0 Å². The second-order valence-electron chi connectivity index (χ2n) is 7.89. The van der Waals surface area contributed by atoms with Crippen LogP contribution in [0.5, 0.6) is 0 Å². The molecule has 0 spiro atoms. The highest BCUT2D eigenvalue weighted by Crippen LogP contribution is 2.44. The summed E-state index contributed by atoms with van der Waals surface area (Å²) in [4.78, 5) is 74.6. The SMILES string of the molecule is O=C(CC12CCC(=O)N1C(=O)CC2)OC(=O)CC12CCC(=O)N1C(=O)CC2. The van der Waals surface area contributed by atoms with Gasteiger partial charge in [-0.3, -0.25) is 38.6 Å². The van der Waals surface area contributed by atoms with E-state index in [9.17, 15) is 28.8 Å². The maximum absolute atomic E-state index is 12.3. The molecular formula is C18H20N2O7. The summed E-state index contributed by atoms with van der Waals surface area (Å²) < 4.78 is 4.94. The van der Waals surface area contributed by atoms with Crippen LogP contribution < -0.4 is 0 Å². The zero-order valence-electron chi connectivity index (χ0n) is 14.8. The van der Waals surface area contributed by atoms with Crippen LogP contribution in [-0.2, 0) is 33.5 Å². The Morgan fingerprint density at radius 2 is 0.963 bits per heavy atom. The highest BCUT2D eigenvalue weighted by atomic mass is 16.6. The van der Waals surface area contributed by atoms with Gasteiger partial charge in [0, 0.05) is 25.7 Å². The van der Waals surface area contributed by atoms with Crippen LogP contribution >= 0.6 is 0 Å². The molecule has 27 heavy (non-hydrogen) atoms. The molecule has 4 rings (SSSR count). The van der Waals surface area contributed by atoms with E-state index in [0.717, 1.165) is 9.80 Å². The lowest BCUT2D eigenvalue weighted by Crippen LogP contribution is -2.46. The fraction of sp³-hybridized carbons (Fsp3) is 0.667. The molecule has 4 aliphatic rings. The van der Waals surface area contributed by atoms with Gasteiger partial charge in [-0.2, -0.15) is 0 Å². The fourth-order valence-electron chi connectivity index (χ4n) is 5.09. The molecule has 4 amide bonds. The number of fused-ring (bicyclic) bond motifs is 2. The lowest BCUT2D eigenvalue weighted by Gasteiger charge is -2.30. The van der Waals surface area contributed by atoms with Crippen molar-refractivity contribution < 1.29 is 33.5 Å². The van der Waals surface area contributed by atoms with Crippen LogP contribution in [0.1, 0.15) is 64.2 Å². The Bertz CT molecular complexity index is 683. The highest BCUT2D eigenvalue weighted by molar-refractivity contribution is 6.02. The molecule has 9 heteroatoms. The number of hydrogen-bond acceptors (Lipinski definition) is 7. The summed E-state index contributed by atoms with van der Waals surface area (Å²) in [5, 5.41) is 0. The average molecular weight is 376 g/mol. The minimum Gasteiger partial charge on any atom is -0.393 e. The number of rotatable bonds is 4. The Balaban J connectivity index is 1.40. The Morgan fingerprint density at radius 1 is 0.667 bits per heavy atom. The van der Waals surface area contributed by atoms with Gasteiger partial charge in [-0.25, -0.2) is 0 Å². The number of ether oxygens (including phenoxy) is 1. The van der Waals surface area contributed by atoms with E-state index in [4.69, 9.17) is 4.74 Å². The van der Waals surface area contributed by atoms with E-state index in [2.05, 4.69) is 0 Å². The number of carbonyl (C=O) groups is 6. The van der Waals surface area contributed by atoms with E-state index in [1.54, 1.807) is 0 Å². The topological polar surface area (TPSA) is 118 Å². The molecule has 4 fully saturated rings. The van der Waals surface area contributed by atoms with Crippen LogP contribution in [0.3, 0.4) is 0 Å². The third-order valence-electron chi connectivity index (χ3n) is 6.34. The van der Waals surface area contributed by atoms with Crippen LogP contribution in [0.15, 0.2) is 0 Å². The lowest BCUT2D eigenvalue weighted by atomic mass is 9.90. The number of imide groups is 2. The summed E-state index contributed by atoms with van der Waals surface area (Å²) in [5.41, 5.74) is -1.75. The first kappa shape index (κ1) is 17.8. The third-order valence-corrected chi connectivity index (χ3v) is 6.34. The van der Waals surface area contributed by atoms with Gasteiger partial charge in [0.05, 0.1) is 23.9 Å². The average Bonchev–Trinajstić information content (AvgIpc) is 3.27. The molecule has 0 aromatic heterocycles. The van der Waals surface area contributed by atoms with Gasteiger partial charge in [-0.05, 0) is 25.7 Å². The normalized spacial score (nSPS) is 25.2. The van der Waals surface area contributed by atoms with Crippen LogP contribution in [-0.4, -0.2) is 56.4 Å². The van der Waals surface area contributed by atoms with E-state index >= 15 is 0 Å². The van der Waals surface area contributed by atoms with Gasteiger partial charge < -0.3 is 4.74 Å². The second kappa shape index (κ2) is 5.97. The molecule has 0 aliphatic carbocycles. The van der Waals surface area contributed by atoms with Gasteiger partial charge in [0.25, 0.3) is 0 Å². The van der Waals surface area contributed by atoms with Gasteiger partial charge >= 0.3 is 11.9 Å². The minimum absolute atomic E-state index is 0.204. The Hall–Kier alpha value is -2.58. The van der Waals surface area contributed by atoms with Crippen molar-refractivity contribution in [1.29, 1.82) is 0 Å². The molecule has 4 aliphatic heterocycles. The second-order valence-corrected chi connectivity index (χ2v) is 7.89. The van der Waals surface area contributed by atoms with Crippen molar-refractivity contribution >= 4 is 35.6 Å². The summed E-state index contributed by atoms with van der Waals surface area (Å²) in [6.45, 7) is 0. The molecular weight excluding hydrogens is 356 g/mol. The highest BCUT2D eigenvalue weighted by Gasteiger charge is 2.56. The summed E-state index contributed by atoms with van der Waals surface area (Å²) in [6.07, 6.45) is 1.97. The van der Waals surface area contributed by atoms with E-state index in [0.29, 0.717) is 25.7 Å². The predicted octanol–water partition coefficient (Wildman–Crippen LogP) is 0.200. The number of amides is 4. The largest absolute Gasteiger partial charge is 0.393 e. The zero-order valence-corrected chi connectivity index (χ0v) is 14.8. The van der Waals surface area contributed by atoms with Crippen molar-refractivity contribution in [2.24, 2.45) is 0 Å². The molecule has 0 bridgehead atoms. The number of hydrogen-bond donors (Lipinski definition) is 0. The number of esters is 2. The molecule has 0 N–H and O–H groups in total. The molecule has 0 aromatic rings. The van der Waals surface area contributed by atoms with Gasteiger partial charge in [-0.15, -0.1) is 0 Å².